The van der Waals surface area contributed by atoms with E-state index in [1.807, 2.05) is 30.3 Å². The van der Waals surface area contributed by atoms with E-state index in [9.17, 15) is 10.1 Å². The lowest BCUT2D eigenvalue weighted by Gasteiger charge is -2.16. The molecule has 1 aromatic rings. The molecule has 0 bridgehead atoms. The number of nitrogens with zero attached hydrogens (tertiary/aromatic N) is 1. The molecule has 0 aliphatic heterocycles. The van der Waals surface area contributed by atoms with Gasteiger partial charge in [-0.2, -0.15) is 0 Å². The monoisotopic (exact) mass is 227 g/mol. The minimum atomic E-state index is -0.751. The van der Waals surface area contributed by atoms with E-state index in [1.54, 1.807) is 6.92 Å². The fourth-order valence-electron chi connectivity index (χ4n) is 1.40. The van der Waals surface area contributed by atoms with Gasteiger partial charge in [0.15, 0.2) is 0 Å². The Bertz CT molecular complexity index is 325. The molecule has 82 valence electrons. The Morgan fingerprint density at radius 3 is 2.53 bits per heavy atom. The first-order chi connectivity index (χ1) is 6.99. The van der Waals surface area contributed by atoms with Crippen molar-refractivity contribution in [3.8, 4) is 0 Å². The number of benzene rings is 1. The smallest absolute Gasteiger partial charge is 0.222 e. The number of alkyl halides is 1. The highest BCUT2D eigenvalue weighted by Crippen LogP contribution is 2.21. The highest BCUT2D eigenvalue weighted by Gasteiger charge is 2.26. The normalized spacial score (nSPS) is 14.5. The van der Waals surface area contributed by atoms with E-state index < -0.39 is 4.87 Å². The van der Waals surface area contributed by atoms with Crippen LogP contribution in [0, 0.1) is 10.1 Å². The average Bonchev–Trinajstić information content (AvgIpc) is 2.15. The fraction of sp³-hybridized carbons (Fsp3) is 0.455. The summed E-state index contributed by atoms with van der Waals surface area (Å²) in [6.45, 7) is 1.52. The summed E-state index contributed by atoms with van der Waals surface area (Å²) in [7, 11) is 0. The molecular weight excluding hydrogens is 214 g/mol. The van der Waals surface area contributed by atoms with Gasteiger partial charge in [-0.05, 0) is 25.3 Å². The summed E-state index contributed by atoms with van der Waals surface area (Å²) in [5, 5.41) is 10.3. The van der Waals surface area contributed by atoms with Crippen molar-refractivity contribution in [3.05, 3.63) is 46.0 Å². The maximum Gasteiger partial charge on any atom is 0.222 e. The molecule has 0 amide bonds. The van der Waals surface area contributed by atoms with E-state index in [0.717, 1.165) is 12.0 Å². The van der Waals surface area contributed by atoms with Crippen LogP contribution in [0.1, 0.15) is 18.9 Å². The Morgan fingerprint density at radius 1 is 1.40 bits per heavy atom. The van der Waals surface area contributed by atoms with Crippen molar-refractivity contribution in [3.63, 3.8) is 0 Å². The van der Waals surface area contributed by atoms with Crippen molar-refractivity contribution in [2.24, 2.45) is 0 Å². The van der Waals surface area contributed by atoms with Crippen molar-refractivity contribution in [1.82, 2.24) is 0 Å². The van der Waals surface area contributed by atoms with Gasteiger partial charge >= 0.3 is 0 Å². The lowest BCUT2D eigenvalue weighted by Crippen LogP contribution is -2.28. The van der Waals surface area contributed by atoms with Gasteiger partial charge in [0.2, 0.25) is 6.54 Å². The predicted octanol–water partition coefficient (Wildman–Crippen LogP) is 2.89. The molecule has 0 fully saturated rings. The minimum absolute atomic E-state index is 0.193. The first kappa shape index (κ1) is 12.0. The second kappa shape index (κ2) is 5.12. The molecule has 0 aromatic heterocycles. The van der Waals surface area contributed by atoms with E-state index in [4.69, 9.17) is 11.6 Å². The quantitative estimate of drug-likeness (QED) is 0.441. The Kier molecular flexibility index (Phi) is 4.09. The third kappa shape index (κ3) is 4.79. The van der Waals surface area contributed by atoms with Gasteiger partial charge in [0.05, 0.1) is 0 Å². The van der Waals surface area contributed by atoms with Crippen molar-refractivity contribution >= 4 is 11.6 Å². The number of nitro groups is 1. The van der Waals surface area contributed by atoms with Gasteiger partial charge in [0.1, 0.15) is 4.87 Å². The molecule has 1 rings (SSSR count). The maximum absolute atomic E-state index is 10.3. The standard InChI is InChI=1S/C11H14ClNO2/c1-11(12,9-13(14)15)8-7-10-5-3-2-4-6-10/h2-6H,7-9H2,1H3. The summed E-state index contributed by atoms with van der Waals surface area (Å²) in [5.74, 6) is 0. The average molecular weight is 228 g/mol. The van der Waals surface area contributed by atoms with Crippen LogP contribution >= 0.6 is 11.6 Å². The Balaban J connectivity index is 2.46. The molecule has 0 radical (unpaired) electrons. The summed E-state index contributed by atoms with van der Waals surface area (Å²) in [6, 6.07) is 9.85. The zero-order valence-electron chi connectivity index (χ0n) is 8.65. The van der Waals surface area contributed by atoms with Crippen molar-refractivity contribution < 1.29 is 4.92 Å². The molecule has 3 nitrogen and oxygen atoms in total. The Morgan fingerprint density at radius 2 is 2.00 bits per heavy atom. The zero-order chi connectivity index (χ0) is 11.3. The third-order valence-electron chi connectivity index (χ3n) is 2.24. The van der Waals surface area contributed by atoms with Gasteiger partial charge in [-0.25, -0.2) is 0 Å². The van der Waals surface area contributed by atoms with Crippen LogP contribution in [-0.2, 0) is 6.42 Å². The molecule has 0 saturated carbocycles. The van der Waals surface area contributed by atoms with Gasteiger partial charge in [-0.15, -0.1) is 11.6 Å². The number of hydrogen-bond acceptors (Lipinski definition) is 2. The van der Waals surface area contributed by atoms with Gasteiger partial charge in [-0.3, -0.25) is 10.1 Å². The molecule has 0 aliphatic carbocycles. The molecular formula is C11H14ClNO2. The number of hydrogen-bond donors (Lipinski definition) is 0. The molecule has 0 aliphatic rings. The van der Waals surface area contributed by atoms with E-state index in [2.05, 4.69) is 0 Å². The summed E-state index contributed by atoms with van der Waals surface area (Å²) >= 11 is 6.04. The number of aryl methyl sites for hydroxylation is 1. The highest BCUT2D eigenvalue weighted by molar-refractivity contribution is 6.23. The van der Waals surface area contributed by atoms with E-state index in [1.165, 1.54) is 0 Å². The third-order valence-corrected chi connectivity index (χ3v) is 2.55. The summed E-state index contributed by atoms with van der Waals surface area (Å²) in [6.07, 6.45) is 1.38. The molecule has 1 unspecified atom stereocenters. The summed E-state index contributed by atoms with van der Waals surface area (Å²) < 4.78 is 0. The topological polar surface area (TPSA) is 43.1 Å². The SMILES string of the molecule is CC(Cl)(CCc1ccccc1)C[N+](=O)[O-]. The molecule has 0 N–H and O–H groups in total. The summed E-state index contributed by atoms with van der Waals surface area (Å²) in [4.78, 5) is 9.23. The largest absolute Gasteiger partial charge is 0.264 e. The van der Waals surface area contributed by atoms with Gasteiger partial charge < -0.3 is 0 Å². The van der Waals surface area contributed by atoms with Gasteiger partial charge in [0.25, 0.3) is 0 Å². The van der Waals surface area contributed by atoms with Crippen LogP contribution in [0.25, 0.3) is 0 Å². The first-order valence-electron chi connectivity index (χ1n) is 4.84. The van der Waals surface area contributed by atoms with Crippen molar-refractivity contribution in [2.75, 3.05) is 6.54 Å². The van der Waals surface area contributed by atoms with Crippen LogP contribution in [0.3, 0.4) is 0 Å². The Labute approximate surface area is 94.2 Å². The lowest BCUT2D eigenvalue weighted by molar-refractivity contribution is -0.484. The van der Waals surface area contributed by atoms with E-state index in [-0.39, 0.29) is 11.5 Å². The summed E-state index contributed by atoms with van der Waals surface area (Å²) in [5.41, 5.74) is 1.16. The molecule has 1 aromatic carbocycles. The minimum Gasteiger partial charge on any atom is -0.264 e. The zero-order valence-corrected chi connectivity index (χ0v) is 9.41. The first-order valence-corrected chi connectivity index (χ1v) is 5.22. The molecule has 1 atom stereocenters. The van der Waals surface area contributed by atoms with E-state index >= 15 is 0 Å². The van der Waals surface area contributed by atoms with Crippen molar-refractivity contribution in [2.45, 2.75) is 24.6 Å². The van der Waals surface area contributed by atoms with Gasteiger partial charge in [-0.1, -0.05) is 30.3 Å². The van der Waals surface area contributed by atoms with Crippen molar-refractivity contribution in [1.29, 1.82) is 0 Å². The lowest BCUT2D eigenvalue weighted by atomic mass is 10.0. The Hall–Kier alpha value is -1.09. The maximum atomic E-state index is 10.3. The predicted molar refractivity (Wildman–Crippen MR) is 60.9 cm³/mol. The second-order valence-electron chi connectivity index (χ2n) is 3.89. The van der Waals surface area contributed by atoms with Crippen LogP contribution in [0.4, 0.5) is 0 Å². The number of rotatable bonds is 5. The molecule has 0 saturated heterocycles. The molecule has 4 heteroatoms. The van der Waals surface area contributed by atoms with E-state index in [0.29, 0.717) is 6.42 Å². The van der Waals surface area contributed by atoms with Gasteiger partial charge in [0, 0.05) is 4.92 Å². The van der Waals surface area contributed by atoms with Crippen LogP contribution < -0.4 is 0 Å². The van der Waals surface area contributed by atoms with Crippen LogP contribution in [0.5, 0.6) is 0 Å². The van der Waals surface area contributed by atoms with Crippen LogP contribution in [-0.4, -0.2) is 16.3 Å². The molecule has 0 heterocycles. The number of halogens is 1. The van der Waals surface area contributed by atoms with Crippen LogP contribution in [0.15, 0.2) is 30.3 Å². The molecule has 15 heavy (non-hydrogen) atoms. The molecule has 0 spiro atoms. The fourth-order valence-corrected chi connectivity index (χ4v) is 1.59. The second-order valence-corrected chi connectivity index (χ2v) is 4.80. The highest BCUT2D eigenvalue weighted by atomic mass is 35.5. The van der Waals surface area contributed by atoms with Crippen LogP contribution in [0.2, 0.25) is 0 Å².